The van der Waals surface area contributed by atoms with Crippen molar-refractivity contribution in [2.45, 2.75) is 13.5 Å². The van der Waals surface area contributed by atoms with E-state index in [9.17, 15) is 4.79 Å². The topological polar surface area (TPSA) is 41.1 Å². The minimum atomic E-state index is -0.0799. The van der Waals surface area contributed by atoms with Crippen molar-refractivity contribution in [3.63, 3.8) is 0 Å². The second-order valence-corrected chi connectivity index (χ2v) is 5.02. The third kappa shape index (κ3) is 4.49. The van der Waals surface area contributed by atoms with Gasteiger partial charge in [-0.2, -0.15) is 0 Å². The molecule has 3 nitrogen and oxygen atoms in total. The Labute approximate surface area is 125 Å². The molecule has 2 aromatic carbocycles. The fraction of sp³-hybridized carbons (Fsp3) is 0.167. The summed E-state index contributed by atoms with van der Waals surface area (Å²) >= 11 is 0. The molecule has 21 heavy (non-hydrogen) atoms. The third-order valence-corrected chi connectivity index (χ3v) is 3.05. The van der Waals surface area contributed by atoms with E-state index >= 15 is 0 Å². The smallest absolute Gasteiger partial charge is 0.253 e. The van der Waals surface area contributed by atoms with Crippen molar-refractivity contribution in [2.75, 3.05) is 11.9 Å². The predicted molar refractivity (Wildman–Crippen MR) is 87.4 cm³/mol. The molecule has 0 bridgehead atoms. The van der Waals surface area contributed by atoms with Crippen molar-refractivity contribution in [1.29, 1.82) is 0 Å². The molecule has 1 amide bonds. The van der Waals surface area contributed by atoms with Crippen molar-refractivity contribution in [2.24, 2.45) is 0 Å². The van der Waals surface area contributed by atoms with E-state index in [0.717, 1.165) is 16.8 Å². The number of hydrogen-bond acceptors (Lipinski definition) is 2. The maximum Gasteiger partial charge on any atom is 0.253 e. The van der Waals surface area contributed by atoms with Crippen LogP contribution in [0.25, 0.3) is 0 Å². The van der Waals surface area contributed by atoms with Crippen LogP contribution in [-0.4, -0.2) is 12.5 Å². The van der Waals surface area contributed by atoms with E-state index in [0.29, 0.717) is 18.7 Å². The number of nitrogens with one attached hydrogen (secondary N) is 2. The Hall–Kier alpha value is -2.55. The third-order valence-electron chi connectivity index (χ3n) is 3.05. The Morgan fingerprint density at radius 1 is 1.05 bits per heavy atom. The van der Waals surface area contributed by atoms with Gasteiger partial charge in [0.05, 0.1) is 5.56 Å². The number of anilines is 1. The average molecular weight is 280 g/mol. The van der Waals surface area contributed by atoms with Gasteiger partial charge < -0.3 is 10.6 Å². The van der Waals surface area contributed by atoms with Crippen LogP contribution in [0.1, 0.15) is 22.8 Å². The zero-order valence-corrected chi connectivity index (χ0v) is 12.2. The summed E-state index contributed by atoms with van der Waals surface area (Å²) in [5, 5.41) is 6.17. The molecule has 0 radical (unpaired) electrons. The minimum Gasteiger partial charge on any atom is -0.381 e. The van der Waals surface area contributed by atoms with Gasteiger partial charge in [0.1, 0.15) is 0 Å². The van der Waals surface area contributed by atoms with Crippen LogP contribution in [-0.2, 0) is 6.54 Å². The molecule has 0 fully saturated rings. The second-order valence-electron chi connectivity index (χ2n) is 5.02. The van der Waals surface area contributed by atoms with Crippen molar-refractivity contribution in [3.05, 3.63) is 77.9 Å². The molecular weight excluding hydrogens is 260 g/mol. The molecule has 0 spiro atoms. The maximum absolute atomic E-state index is 12.3. The lowest BCUT2D eigenvalue weighted by molar-refractivity contribution is 0.0951. The van der Waals surface area contributed by atoms with Gasteiger partial charge in [0.15, 0.2) is 0 Å². The summed E-state index contributed by atoms with van der Waals surface area (Å²) in [5.74, 6) is -0.0799. The monoisotopic (exact) mass is 280 g/mol. The van der Waals surface area contributed by atoms with Crippen molar-refractivity contribution >= 4 is 11.6 Å². The van der Waals surface area contributed by atoms with Gasteiger partial charge in [-0.25, -0.2) is 0 Å². The number of amides is 1. The van der Waals surface area contributed by atoms with Gasteiger partial charge in [-0.1, -0.05) is 54.6 Å². The Bertz CT molecular complexity index is 620. The van der Waals surface area contributed by atoms with E-state index in [1.54, 1.807) is 0 Å². The number of hydrogen-bond donors (Lipinski definition) is 2. The van der Waals surface area contributed by atoms with Crippen LogP contribution >= 0.6 is 0 Å². The van der Waals surface area contributed by atoms with Crippen LogP contribution in [0.15, 0.2) is 66.7 Å². The first-order chi connectivity index (χ1) is 10.2. The largest absolute Gasteiger partial charge is 0.381 e. The summed E-state index contributed by atoms with van der Waals surface area (Å²) in [5.41, 5.74) is 3.58. The highest BCUT2D eigenvalue weighted by molar-refractivity contribution is 5.99. The van der Waals surface area contributed by atoms with E-state index in [1.165, 1.54) is 0 Å². The van der Waals surface area contributed by atoms with Gasteiger partial charge in [0.25, 0.3) is 5.91 Å². The Kier molecular flexibility index (Phi) is 5.16. The molecular formula is C18H20N2O. The van der Waals surface area contributed by atoms with E-state index in [-0.39, 0.29) is 5.91 Å². The zero-order chi connectivity index (χ0) is 15.1. The van der Waals surface area contributed by atoms with Crippen LogP contribution in [0.2, 0.25) is 0 Å². The first-order valence-corrected chi connectivity index (χ1v) is 6.96. The number of carbonyl (C=O) groups excluding carboxylic acids is 1. The maximum atomic E-state index is 12.3. The van der Waals surface area contributed by atoms with Gasteiger partial charge in [-0.15, -0.1) is 0 Å². The van der Waals surface area contributed by atoms with Crippen LogP contribution in [0.5, 0.6) is 0 Å². The van der Waals surface area contributed by atoms with E-state index in [2.05, 4.69) is 17.2 Å². The highest BCUT2D eigenvalue weighted by atomic mass is 16.1. The quantitative estimate of drug-likeness (QED) is 0.794. The molecule has 0 aromatic heterocycles. The van der Waals surface area contributed by atoms with Crippen molar-refractivity contribution in [1.82, 2.24) is 5.32 Å². The standard InChI is InChI=1S/C18H20N2O/c1-14(2)12-19-17-11-7-6-10-16(17)18(21)20-13-15-8-4-3-5-9-15/h3-11,19H,1,12-13H2,2H3,(H,20,21). The molecule has 2 N–H and O–H groups in total. The summed E-state index contributed by atoms with van der Waals surface area (Å²) in [6, 6.07) is 17.4. The molecule has 108 valence electrons. The Morgan fingerprint density at radius 2 is 1.71 bits per heavy atom. The molecule has 0 unspecified atom stereocenters. The number of para-hydroxylation sites is 1. The highest BCUT2D eigenvalue weighted by Gasteiger charge is 2.10. The summed E-state index contributed by atoms with van der Waals surface area (Å²) in [6.07, 6.45) is 0. The fourth-order valence-corrected chi connectivity index (χ4v) is 1.95. The first kappa shape index (κ1) is 14.9. The van der Waals surface area contributed by atoms with Gasteiger partial charge in [-0.05, 0) is 24.6 Å². The number of rotatable bonds is 6. The lowest BCUT2D eigenvalue weighted by Crippen LogP contribution is -2.24. The molecule has 0 saturated heterocycles. The molecule has 2 aromatic rings. The lowest BCUT2D eigenvalue weighted by Gasteiger charge is -2.12. The van der Waals surface area contributed by atoms with Crippen LogP contribution in [0, 0.1) is 0 Å². The number of carbonyl (C=O) groups is 1. The first-order valence-electron chi connectivity index (χ1n) is 6.96. The van der Waals surface area contributed by atoms with Gasteiger partial charge in [-0.3, -0.25) is 4.79 Å². The Morgan fingerprint density at radius 3 is 2.43 bits per heavy atom. The normalized spacial score (nSPS) is 9.95. The van der Waals surface area contributed by atoms with E-state index in [4.69, 9.17) is 0 Å². The summed E-state index contributed by atoms with van der Waals surface area (Å²) < 4.78 is 0. The van der Waals surface area contributed by atoms with Crippen molar-refractivity contribution < 1.29 is 4.79 Å². The molecule has 0 aliphatic carbocycles. The van der Waals surface area contributed by atoms with Gasteiger partial charge in [0.2, 0.25) is 0 Å². The second kappa shape index (κ2) is 7.29. The highest BCUT2D eigenvalue weighted by Crippen LogP contribution is 2.15. The summed E-state index contributed by atoms with van der Waals surface area (Å²) in [4.78, 5) is 12.3. The van der Waals surface area contributed by atoms with E-state index < -0.39 is 0 Å². The predicted octanol–water partition coefficient (Wildman–Crippen LogP) is 3.60. The van der Waals surface area contributed by atoms with Gasteiger partial charge in [0, 0.05) is 18.8 Å². The van der Waals surface area contributed by atoms with Crippen LogP contribution in [0.3, 0.4) is 0 Å². The zero-order valence-electron chi connectivity index (χ0n) is 12.2. The Balaban J connectivity index is 2.03. The van der Waals surface area contributed by atoms with E-state index in [1.807, 2.05) is 61.5 Å². The van der Waals surface area contributed by atoms with Gasteiger partial charge >= 0.3 is 0 Å². The molecule has 3 heteroatoms. The molecule has 0 heterocycles. The molecule has 0 aliphatic rings. The van der Waals surface area contributed by atoms with Crippen LogP contribution in [0.4, 0.5) is 5.69 Å². The van der Waals surface area contributed by atoms with Crippen molar-refractivity contribution in [3.8, 4) is 0 Å². The minimum absolute atomic E-state index is 0.0799. The summed E-state index contributed by atoms with van der Waals surface area (Å²) in [7, 11) is 0. The SMILES string of the molecule is C=C(C)CNc1ccccc1C(=O)NCc1ccccc1. The molecule has 0 aliphatic heterocycles. The average Bonchev–Trinajstić information content (AvgIpc) is 2.52. The fourth-order valence-electron chi connectivity index (χ4n) is 1.95. The number of benzene rings is 2. The molecule has 0 atom stereocenters. The van der Waals surface area contributed by atoms with Crippen LogP contribution < -0.4 is 10.6 Å². The molecule has 2 rings (SSSR count). The molecule has 0 saturated carbocycles. The summed E-state index contributed by atoms with van der Waals surface area (Å²) in [6.45, 7) is 6.99. The lowest BCUT2D eigenvalue weighted by atomic mass is 10.1.